The van der Waals surface area contributed by atoms with Crippen molar-refractivity contribution in [2.45, 2.75) is 39.2 Å². The number of nitrogens with two attached hydrogens (primary N) is 1. The number of carbonyl (C=O) groups excluding carboxylic acids is 1. The maximum atomic E-state index is 11.5. The summed E-state index contributed by atoms with van der Waals surface area (Å²) in [7, 11) is 0. The van der Waals surface area contributed by atoms with Gasteiger partial charge in [-0.1, -0.05) is 6.92 Å². The number of hydrogen-bond acceptors (Lipinski definition) is 3. The van der Waals surface area contributed by atoms with Crippen LogP contribution < -0.4 is 11.1 Å². The summed E-state index contributed by atoms with van der Waals surface area (Å²) in [5, 5.41) is 11.2. The topological polar surface area (TPSA) is 92.4 Å². The summed E-state index contributed by atoms with van der Waals surface area (Å²) in [5.41, 5.74) is 5.43. The molecule has 0 aromatic carbocycles. The van der Waals surface area contributed by atoms with Gasteiger partial charge < -0.3 is 16.2 Å². The van der Waals surface area contributed by atoms with Crippen molar-refractivity contribution >= 4 is 11.9 Å². The highest BCUT2D eigenvalue weighted by atomic mass is 16.4. The molecule has 88 valence electrons. The van der Waals surface area contributed by atoms with Gasteiger partial charge in [-0.2, -0.15) is 0 Å². The van der Waals surface area contributed by atoms with Gasteiger partial charge in [0.05, 0.1) is 0 Å². The van der Waals surface area contributed by atoms with E-state index in [1.165, 1.54) is 0 Å². The van der Waals surface area contributed by atoms with E-state index in [2.05, 4.69) is 5.32 Å². The zero-order valence-electron chi connectivity index (χ0n) is 9.32. The van der Waals surface area contributed by atoms with Crippen molar-refractivity contribution in [3.05, 3.63) is 0 Å². The monoisotopic (exact) mass is 216 g/mol. The van der Waals surface area contributed by atoms with E-state index in [4.69, 9.17) is 10.8 Å². The van der Waals surface area contributed by atoms with Crippen LogP contribution in [0.2, 0.25) is 0 Å². The van der Waals surface area contributed by atoms with Gasteiger partial charge in [0.25, 0.3) is 0 Å². The Morgan fingerprint density at radius 1 is 1.47 bits per heavy atom. The number of carbonyl (C=O) groups is 2. The quantitative estimate of drug-likeness (QED) is 0.572. The van der Waals surface area contributed by atoms with Crippen LogP contribution in [-0.2, 0) is 9.59 Å². The Morgan fingerprint density at radius 2 is 2.07 bits per heavy atom. The third-order valence-corrected chi connectivity index (χ3v) is 2.33. The largest absolute Gasteiger partial charge is 0.481 e. The average Bonchev–Trinajstić information content (AvgIpc) is 2.16. The molecule has 0 fully saturated rings. The minimum Gasteiger partial charge on any atom is -0.481 e. The molecule has 0 aliphatic carbocycles. The Kier molecular flexibility index (Phi) is 6.70. The molecule has 5 heteroatoms. The van der Waals surface area contributed by atoms with Crippen LogP contribution >= 0.6 is 0 Å². The first-order valence-electron chi connectivity index (χ1n) is 5.23. The van der Waals surface area contributed by atoms with Crippen molar-refractivity contribution in [1.29, 1.82) is 0 Å². The van der Waals surface area contributed by atoms with E-state index in [1.807, 2.05) is 6.92 Å². The maximum absolute atomic E-state index is 11.5. The third-order valence-electron chi connectivity index (χ3n) is 2.33. The zero-order valence-corrected chi connectivity index (χ0v) is 9.32. The highest BCUT2D eigenvalue weighted by Gasteiger charge is 2.16. The lowest BCUT2D eigenvalue weighted by Gasteiger charge is -2.17. The van der Waals surface area contributed by atoms with E-state index in [1.54, 1.807) is 6.92 Å². The van der Waals surface area contributed by atoms with Gasteiger partial charge >= 0.3 is 5.97 Å². The molecular weight excluding hydrogens is 196 g/mol. The van der Waals surface area contributed by atoms with Crippen molar-refractivity contribution in [3.8, 4) is 0 Å². The molecule has 0 bridgehead atoms. The molecule has 0 rings (SSSR count). The highest BCUT2D eigenvalue weighted by molar-refractivity contribution is 5.79. The van der Waals surface area contributed by atoms with E-state index in [9.17, 15) is 9.59 Å². The molecule has 0 radical (unpaired) electrons. The molecule has 15 heavy (non-hydrogen) atoms. The lowest BCUT2D eigenvalue weighted by molar-refractivity contribution is -0.137. The molecule has 0 aromatic heterocycles. The first kappa shape index (κ1) is 13.9. The molecule has 0 saturated carbocycles. The fourth-order valence-corrected chi connectivity index (χ4v) is 1.23. The molecule has 4 N–H and O–H groups in total. The van der Waals surface area contributed by atoms with Crippen LogP contribution in [0.5, 0.6) is 0 Å². The van der Waals surface area contributed by atoms with E-state index < -0.39 is 5.97 Å². The molecule has 0 aliphatic rings. The summed E-state index contributed by atoms with van der Waals surface area (Å²) in [4.78, 5) is 21.8. The zero-order chi connectivity index (χ0) is 11.8. The third kappa shape index (κ3) is 6.06. The second-order valence-electron chi connectivity index (χ2n) is 3.68. The summed E-state index contributed by atoms with van der Waals surface area (Å²) >= 11 is 0. The number of nitrogens with one attached hydrogen (secondary N) is 1. The Labute approximate surface area is 90.0 Å². The Morgan fingerprint density at radius 3 is 2.47 bits per heavy atom. The summed E-state index contributed by atoms with van der Waals surface area (Å²) in [6.45, 7) is 4.02. The van der Waals surface area contributed by atoms with Gasteiger partial charge in [0.15, 0.2) is 0 Å². The molecule has 0 aromatic rings. The number of rotatable bonds is 7. The van der Waals surface area contributed by atoms with Crippen LogP contribution in [0.25, 0.3) is 0 Å². The van der Waals surface area contributed by atoms with Crippen molar-refractivity contribution < 1.29 is 14.7 Å². The van der Waals surface area contributed by atoms with Gasteiger partial charge in [0.1, 0.15) is 0 Å². The fourth-order valence-electron chi connectivity index (χ4n) is 1.23. The van der Waals surface area contributed by atoms with Crippen LogP contribution in [-0.4, -0.2) is 29.6 Å². The predicted molar refractivity (Wildman–Crippen MR) is 57.3 cm³/mol. The summed E-state index contributed by atoms with van der Waals surface area (Å²) in [5.74, 6) is -1.10. The predicted octanol–water partition coefficient (Wildman–Crippen LogP) is 0.341. The standard InChI is InChI=1S/C10H20N2O3/c1-3-8(6-11)10(15)12-7(2)4-5-9(13)14/h7-8H,3-6,11H2,1-2H3,(H,12,15)(H,13,14). The number of amides is 1. The van der Waals surface area contributed by atoms with Crippen molar-refractivity contribution in [3.63, 3.8) is 0 Å². The molecule has 0 saturated heterocycles. The van der Waals surface area contributed by atoms with E-state index in [0.717, 1.165) is 0 Å². The van der Waals surface area contributed by atoms with Crippen LogP contribution in [0.1, 0.15) is 33.1 Å². The molecule has 2 unspecified atom stereocenters. The van der Waals surface area contributed by atoms with Gasteiger partial charge in [0, 0.05) is 24.9 Å². The Hall–Kier alpha value is -1.10. The van der Waals surface area contributed by atoms with Crippen molar-refractivity contribution in [1.82, 2.24) is 5.32 Å². The van der Waals surface area contributed by atoms with Gasteiger partial charge in [-0.15, -0.1) is 0 Å². The van der Waals surface area contributed by atoms with Crippen LogP contribution in [0.3, 0.4) is 0 Å². The lowest BCUT2D eigenvalue weighted by Crippen LogP contribution is -2.39. The molecular formula is C10H20N2O3. The van der Waals surface area contributed by atoms with Crippen LogP contribution in [0, 0.1) is 5.92 Å². The number of carboxylic acid groups (broad SMARTS) is 1. The summed E-state index contributed by atoms with van der Waals surface area (Å²) in [6, 6.07) is -0.116. The van der Waals surface area contributed by atoms with Gasteiger partial charge in [-0.3, -0.25) is 9.59 Å². The summed E-state index contributed by atoms with van der Waals surface area (Å²) < 4.78 is 0. The van der Waals surface area contributed by atoms with E-state index >= 15 is 0 Å². The Bertz CT molecular complexity index is 215. The lowest BCUT2D eigenvalue weighted by atomic mass is 10.1. The van der Waals surface area contributed by atoms with Crippen molar-refractivity contribution in [2.75, 3.05) is 6.54 Å². The first-order chi connectivity index (χ1) is 7.01. The van der Waals surface area contributed by atoms with E-state index in [-0.39, 0.29) is 24.3 Å². The minimum absolute atomic E-state index is 0.0703. The van der Waals surface area contributed by atoms with Crippen LogP contribution in [0.15, 0.2) is 0 Å². The number of carboxylic acids is 1. The minimum atomic E-state index is -0.845. The Balaban J connectivity index is 3.89. The molecule has 0 spiro atoms. The number of hydrogen-bond donors (Lipinski definition) is 3. The molecule has 1 amide bonds. The second-order valence-corrected chi connectivity index (χ2v) is 3.68. The number of aliphatic carboxylic acids is 1. The van der Waals surface area contributed by atoms with Gasteiger partial charge in [-0.05, 0) is 19.8 Å². The maximum Gasteiger partial charge on any atom is 0.303 e. The van der Waals surface area contributed by atoms with Gasteiger partial charge in [0.2, 0.25) is 5.91 Å². The molecule has 5 nitrogen and oxygen atoms in total. The summed E-state index contributed by atoms with van der Waals surface area (Å²) in [6.07, 6.45) is 1.22. The first-order valence-corrected chi connectivity index (χ1v) is 5.23. The van der Waals surface area contributed by atoms with Crippen LogP contribution in [0.4, 0.5) is 0 Å². The fraction of sp³-hybridized carbons (Fsp3) is 0.800. The van der Waals surface area contributed by atoms with Crippen molar-refractivity contribution in [2.24, 2.45) is 11.7 Å². The normalized spacial score (nSPS) is 14.3. The average molecular weight is 216 g/mol. The van der Waals surface area contributed by atoms with Gasteiger partial charge in [-0.25, -0.2) is 0 Å². The molecule has 2 atom stereocenters. The molecule has 0 aliphatic heterocycles. The van der Waals surface area contributed by atoms with E-state index in [0.29, 0.717) is 19.4 Å². The molecule has 0 heterocycles. The SMILES string of the molecule is CCC(CN)C(=O)NC(C)CCC(=O)O. The second kappa shape index (κ2) is 7.23. The smallest absolute Gasteiger partial charge is 0.303 e. The highest BCUT2D eigenvalue weighted by Crippen LogP contribution is 2.02.